The lowest BCUT2D eigenvalue weighted by atomic mass is 10.1. The Labute approximate surface area is 111 Å². The molecule has 0 fully saturated rings. The van der Waals surface area contributed by atoms with Gasteiger partial charge in [-0.15, -0.1) is 0 Å². The van der Waals surface area contributed by atoms with E-state index in [1.165, 1.54) is 61.2 Å². The van der Waals surface area contributed by atoms with Gasteiger partial charge in [0.2, 0.25) is 0 Å². The number of hydrogen-bond acceptors (Lipinski definition) is 1. The fourth-order valence-electron chi connectivity index (χ4n) is 1.86. The van der Waals surface area contributed by atoms with E-state index in [9.17, 15) is 0 Å². The van der Waals surface area contributed by atoms with Gasteiger partial charge in [0.25, 0.3) is 0 Å². The fourth-order valence-corrected chi connectivity index (χ4v) is 2.84. The zero-order valence-electron chi connectivity index (χ0n) is 11.4. The Morgan fingerprint density at radius 1 is 0.882 bits per heavy atom. The van der Waals surface area contributed by atoms with Gasteiger partial charge in [-0.2, -0.15) is 11.8 Å². The van der Waals surface area contributed by atoms with Crippen molar-refractivity contribution in [3.8, 4) is 0 Å². The van der Waals surface area contributed by atoms with Crippen LogP contribution in [0, 0.1) is 6.92 Å². The van der Waals surface area contributed by atoms with Crippen LogP contribution in [0.5, 0.6) is 0 Å². The maximum atomic E-state index is 2.28. The molecule has 0 N–H and O–H groups in total. The summed E-state index contributed by atoms with van der Waals surface area (Å²) in [5, 5.41) is 0. The van der Waals surface area contributed by atoms with E-state index in [0.29, 0.717) is 0 Å². The van der Waals surface area contributed by atoms with Crippen molar-refractivity contribution in [2.75, 3.05) is 5.75 Å². The van der Waals surface area contributed by atoms with Gasteiger partial charge < -0.3 is 0 Å². The Bertz CT molecular complexity index is 276. The summed E-state index contributed by atoms with van der Waals surface area (Å²) in [7, 11) is 0. The maximum Gasteiger partial charge on any atom is 0.0184 e. The number of unbranched alkanes of at least 4 members (excludes halogenated alkanes) is 5. The second-order valence-corrected chi connectivity index (χ2v) is 5.91. The predicted octanol–water partition coefficient (Wildman–Crippen LogP) is 5.59. The van der Waals surface area contributed by atoms with Gasteiger partial charge in [-0.1, -0.05) is 68.9 Å². The number of benzene rings is 1. The second-order valence-electron chi connectivity index (χ2n) is 4.81. The first-order valence-electron chi connectivity index (χ1n) is 6.96. The van der Waals surface area contributed by atoms with Crippen LogP contribution in [0.4, 0.5) is 0 Å². The van der Waals surface area contributed by atoms with E-state index in [0.717, 1.165) is 0 Å². The molecule has 0 saturated carbocycles. The summed E-state index contributed by atoms with van der Waals surface area (Å²) in [6, 6.07) is 8.93. The lowest BCUT2D eigenvalue weighted by Gasteiger charge is -2.03. The molecule has 0 spiro atoms. The van der Waals surface area contributed by atoms with Crippen LogP contribution in [-0.4, -0.2) is 5.75 Å². The Kier molecular flexibility index (Phi) is 8.25. The third-order valence-corrected chi connectivity index (χ3v) is 4.15. The van der Waals surface area contributed by atoms with Gasteiger partial charge in [-0.25, -0.2) is 0 Å². The molecule has 0 radical (unpaired) electrons. The SMILES string of the molecule is CCCCCCCCSCc1ccc(C)cc1. The highest BCUT2D eigenvalue weighted by atomic mass is 32.2. The Balaban J connectivity index is 1.95. The van der Waals surface area contributed by atoms with Crippen molar-refractivity contribution in [3.05, 3.63) is 35.4 Å². The number of aryl methyl sites for hydroxylation is 1. The third kappa shape index (κ3) is 7.49. The molecule has 0 aliphatic heterocycles. The molecule has 0 bridgehead atoms. The van der Waals surface area contributed by atoms with E-state index in [1.54, 1.807) is 0 Å². The van der Waals surface area contributed by atoms with Gasteiger partial charge in [-0.3, -0.25) is 0 Å². The molecule has 1 aromatic carbocycles. The normalized spacial score (nSPS) is 10.7. The summed E-state index contributed by atoms with van der Waals surface area (Å²) >= 11 is 2.08. The highest BCUT2D eigenvalue weighted by molar-refractivity contribution is 7.98. The molecule has 1 rings (SSSR count). The van der Waals surface area contributed by atoms with Gasteiger partial charge in [-0.05, 0) is 24.7 Å². The minimum Gasteiger partial charge on any atom is -0.157 e. The van der Waals surface area contributed by atoms with E-state index in [-0.39, 0.29) is 0 Å². The molecule has 0 aliphatic rings. The van der Waals surface area contributed by atoms with Crippen molar-refractivity contribution in [2.24, 2.45) is 0 Å². The first-order valence-corrected chi connectivity index (χ1v) is 8.11. The Hall–Kier alpha value is -0.430. The second kappa shape index (κ2) is 9.58. The number of hydrogen-bond donors (Lipinski definition) is 0. The lowest BCUT2D eigenvalue weighted by Crippen LogP contribution is -1.85. The maximum absolute atomic E-state index is 2.28. The van der Waals surface area contributed by atoms with Crippen LogP contribution < -0.4 is 0 Å². The largest absolute Gasteiger partial charge is 0.157 e. The Morgan fingerprint density at radius 2 is 1.53 bits per heavy atom. The highest BCUT2D eigenvalue weighted by Gasteiger charge is 1.94. The molecular weight excluding hydrogens is 224 g/mol. The van der Waals surface area contributed by atoms with Crippen molar-refractivity contribution in [1.29, 1.82) is 0 Å². The topological polar surface area (TPSA) is 0 Å². The summed E-state index contributed by atoms with van der Waals surface area (Å²) in [5.41, 5.74) is 2.82. The molecule has 0 aliphatic carbocycles. The minimum absolute atomic E-state index is 1.18. The van der Waals surface area contributed by atoms with Gasteiger partial charge in [0, 0.05) is 5.75 Å². The van der Waals surface area contributed by atoms with E-state index in [4.69, 9.17) is 0 Å². The molecule has 1 heteroatoms. The van der Waals surface area contributed by atoms with E-state index >= 15 is 0 Å². The van der Waals surface area contributed by atoms with Crippen LogP contribution in [0.1, 0.15) is 56.6 Å². The van der Waals surface area contributed by atoms with Crippen molar-refractivity contribution in [2.45, 2.75) is 58.1 Å². The summed E-state index contributed by atoms with van der Waals surface area (Å²) in [5.74, 6) is 2.50. The van der Waals surface area contributed by atoms with Crippen molar-refractivity contribution in [3.63, 3.8) is 0 Å². The first kappa shape index (κ1) is 14.6. The third-order valence-electron chi connectivity index (χ3n) is 3.03. The molecule has 0 saturated heterocycles. The number of rotatable bonds is 9. The quantitative estimate of drug-likeness (QED) is 0.515. The molecule has 0 aromatic heterocycles. The molecule has 96 valence electrons. The molecule has 0 heterocycles. The summed E-state index contributed by atoms with van der Waals surface area (Å²) in [6.45, 7) is 4.42. The van der Waals surface area contributed by atoms with E-state index in [2.05, 4.69) is 49.9 Å². The van der Waals surface area contributed by atoms with Crippen molar-refractivity contribution >= 4 is 11.8 Å². The average molecular weight is 250 g/mol. The molecule has 1 aromatic rings. The fraction of sp³-hybridized carbons (Fsp3) is 0.625. The monoisotopic (exact) mass is 250 g/mol. The van der Waals surface area contributed by atoms with E-state index in [1.807, 2.05) is 0 Å². The van der Waals surface area contributed by atoms with Gasteiger partial charge in [0.15, 0.2) is 0 Å². The zero-order chi connectivity index (χ0) is 12.3. The molecule has 17 heavy (non-hydrogen) atoms. The lowest BCUT2D eigenvalue weighted by molar-refractivity contribution is 0.627. The van der Waals surface area contributed by atoms with E-state index < -0.39 is 0 Å². The highest BCUT2D eigenvalue weighted by Crippen LogP contribution is 2.15. The van der Waals surface area contributed by atoms with Crippen LogP contribution in [0.25, 0.3) is 0 Å². The first-order chi connectivity index (χ1) is 8.33. The van der Waals surface area contributed by atoms with Crippen LogP contribution in [0.2, 0.25) is 0 Å². The molecule has 0 unspecified atom stereocenters. The average Bonchev–Trinajstić information content (AvgIpc) is 2.35. The smallest absolute Gasteiger partial charge is 0.0184 e. The zero-order valence-corrected chi connectivity index (χ0v) is 12.2. The minimum atomic E-state index is 1.18. The number of thioether (sulfide) groups is 1. The van der Waals surface area contributed by atoms with Crippen LogP contribution >= 0.6 is 11.8 Å². The van der Waals surface area contributed by atoms with Crippen molar-refractivity contribution in [1.82, 2.24) is 0 Å². The van der Waals surface area contributed by atoms with Gasteiger partial charge in [0.1, 0.15) is 0 Å². The van der Waals surface area contributed by atoms with Crippen LogP contribution in [-0.2, 0) is 5.75 Å². The molecular formula is C16H26S. The standard InChI is InChI=1S/C16H26S/c1-3-4-5-6-7-8-13-17-14-16-11-9-15(2)10-12-16/h9-12H,3-8,13-14H2,1-2H3. The van der Waals surface area contributed by atoms with Gasteiger partial charge >= 0.3 is 0 Å². The van der Waals surface area contributed by atoms with Crippen molar-refractivity contribution < 1.29 is 0 Å². The van der Waals surface area contributed by atoms with Crippen LogP contribution in [0.3, 0.4) is 0 Å². The summed E-state index contributed by atoms with van der Waals surface area (Å²) in [4.78, 5) is 0. The van der Waals surface area contributed by atoms with Crippen LogP contribution in [0.15, 0.2) is 24.3 Å². The predicted molar refractivity (Wildman–Crippen MR) is 80.7 cm³/mol. The Morgan fingerprint density at radius 3 is 2.24 bits per heavy atom. The molecule has 0 nitrogen and oxygen atoms in total. The summed E-state index contributed by atoms with van der Waals surface area (Å²) in [6.07, 6.45) is 8.43. The summed E-state index contributed by atoms with van der Waals surface area (Å²) < 4.78 is 0. The van der Waals surface area contributed by atoms with Gasteiger partial charge in [0.05, 0.1) is 0 Å². The molecule has 0 amide bonds. The molecule has 0 atom stereocenters.